The predicted octanol–water partition coefficient (Wildman–Crippen LogP) is 2.78. The SMILES string of the molecule is CCc1cc(=O)c2cc(F)c(N3CCNCC3)nc2n1-c1ccc(F)cc1F. The molecule has 3 aromatic rings. The van der Waals surface area contributed by atoms with Crippen LogP contribution in [0.25, 0.3) is 16.7 Å². The zero-order valence-corrected chi connectivity index (χ0v) is 15.3. The third-order valence-corrected chi connectivity index (χ3v) is 4.93. The number of benzene rings is 1. The number of aromatic nitrogens is 2. The molecule has 0 radical (unpaired) electrons. The van der Waals surface area contributed by atoms with Crippen molar-refractivity contribution >= 4 is 16.9 Å². The minimum Gasteiger partial charge on any atom is -0.352 e. The van der Waals surface area contributed by atoms with Gasteiger partial charge in [0, 0.05) is 44.0 Å². The maximum absolute atomic E-state index is 14.7. The number of hydrogen-bond donors (Lipinski definition) is 1. The molecule has 1 fully saturated rings. The minimum absolute atomic E-state index is 0.0531. The molecule has 1 aliphatic heterocycles. The lowest BCUT2D eigenvalue weighted by atomic mass is 10.1. The molecule has 0 aliphatic carbocycles. The Morgan fingerprint density at radius 1 is 1.07 bits per heavy atom. The number of pyridine rings is 2. The van der Waals surface area contributed by atoms with Crippen LogP contribution in [-0.2, 0) is 6.42 Å². The summed E-state index contributed by atoms with van der Waals surface area (Å²) in [6, 6.07) is 5.71. The molecule has 2 aromatic heterocycles. The van der Waals surface area contributed by atoms with Gasteiger partial charge >= 0.3 is 0 Å². The summed E-state index contributed by atoms with van der Waals surface area (Å²) in [6.45, 7) is 4.33. The Labute approximate surface area is 159 Å². The van der Waals surface area contributed by atoms with Gasteiger partial charge in [-0.05, 0) is 24.6 Å². The molecule has 0 spiro atoms. The van der Waals surface area contributed by atoms with E-state index in [0.29, 0.717) is 38.3 Å². The molecule has 5 nitrogen and oxygen atoms in total. The number of hydrogen-bond acceptors (Lipinski definition) is 4. The summed E-state index contributed by atoms with van der Waals surface area (Å²) in [5, 5.41) is 3.24. The van der Waals surface area contributed by atoms with Gasteiger partial charge in [0.1, 0.15) is 11.6 Å². The zero-order chi connectivity index (χ0) is 19.8. The third-order valence-electron chi connectivity index (χ3n) is 4.93. The van der Waals surface area contributed by atoms with Crippen LogP contribution in [-0.4, -0.2) is 35.7 Å². The Balaban J connectivity index is 2.03. The highest BCUT2D eigenvalue weighted by Crippen LogP contribution is 2.26. The fourth-order valence-electron chi connectivity index (χ4n) is 3.54. The normalized spacial score (nSPS) is 14.6. The third kappa shape index (κ3) is 3.13. The van der Waals surface area contributed by atoms with E-state index < -0.39 is 17.5 Å². The van der Waals surface area contributed by atoms with Crippen LogP contribution >= 0.6 is 0 Å². The average Bonchev–Trinajstić information content (AvgIpc) is 2.69. The largest absolute Gasteiger partial charge is 0.352 e. The maximum atomic E-state index is 14.7. The Morgan fingerprint density at radius 2 is 1.82 bits per heavy atom. The summed E-state index contributed by atoms with van der Waals surface area (Å²) >= 11 is 0. The Bertz CT molecular complexity index is 1110. The van der Waals surface area contributed by atoms with Crippen LogP contribution in [0.15, 0.2) is 35.1 Å². The molecule has 0 bridgehead atoms. The lowest BCUT2D eigenvalue weighted by Crippen LogP contribution is -2.44. The summed E-state index contributed by atoms with van der Waals surface area (Å²) in [4.78, 5) is 18.7. The summed E-state index contributed by atoms with van der Waals surface area (Å²) < 4.78 is 44.2. The van der Waals surface area contributed by atoms with Crippen LogP contribution < -0.4 is 15.6 Å². The average molecular weight is 388 g/mol. The predicted molar refractivity (Wildman–Crippen MR) is 102 cm³/mol. The first-order valence-corrected chi connectivity index (χ1v) is 9.16. The van der Waals surface area contributed by atoms with E-state index >= 15 is 0 Å². The van der Waals surface area contributed by atoms with Crippen LogP contribution in [0.3, 0.4) is 0 Å². The molecular formula is C20H19F3N4O. The van der Waals surface area contributed by atoms with Gasteiger partial charge in [-0.25, -0.2) is 18.2 Å². The first kappa shape index (κ1) is 18.5. The fourth-order valence-corrected chi connectivity index (χ4v) is 3.54. The summed E-state index contributed by atoms with van der Waals surface area (Å²) in [5.74, 6) is -1.96. The Kier molecular flexibility index (Phi) is 4.80. The van der Waals surface area contributed by atoms with Gasteiger partial charge in [-0.15, -0.1) is 0 Å². The van der Waals surface area contributed by atoms with Crippen molar-refractivity contribution in [1.82, 2.24) is 14.9 Å². The summed E-state index contributed by atoms with van der Waals surface area (Å²) in [7, 11) is 0. The van der Waals surface area contributed by atoms with Gasteiger partial charge in [-0.1, -0.05) is 6.92 Å². The van der Waals surface area contributed by atoms with Crippen LogP contribution in [0.2, 0.25) is 0 Å². The zero-order valence-electron chi connectivity index (χ0n) is 15.3. The molecule has 1 aliphatic rings. The molecular weight excluding hydrogens is 369 g/mol. The Morgan fingerprint density at radius 3 is 2.50 bits per heavy atom. The Hall–Kier alpha value is -2.87. The van der Waals surface area contributed by atoms with Gasteiger partial charge in [0.2, 0.25) is 0 Å². The molecule has 3 heterocycles. The van der Waals surface area contributed by atoms with E-state index in [1.165, 1.54) is 16.7 Å². The number of piperazine rings is 1. The second-order valence-corrected chi connectivity index (χ2v) is 6.69. The number of anilines is 1. The highest BCUT2D eigenvalue weighted by atomic mass is 19.1. The van der Waals surface area contributed by atoms with E-state index in [4.69, 9.17) is 0 Å². The topological polar surface area (TPSA) is 50.2 Å². The van der Waals surface area contributed by atoms with Gasteiger partial charge < -0.3 is 10.2 Å². The molecule has 0 atom stereocenters. The first-order valence-electron chi connectivity index (χ1n) is 9.16. The van der Waals surface area contributed by atoms with E-state index in [0.717, 1.165) is 18.2 Å². The van der Waals surface area contributed by atoms with Crippen molar-refractivity contribution in [2.45, 2.75) is 13.3 Å². The van der Waals surface area contributed by atoms with Crippen LogP contribution in [0.4, 0.5) is 19.0 Å². The molecule has 146 valence electrons. The molecule has 8 heteroatoms. The van der Waals surface area contributed by atoms with Gasteiger partial charge in [-0.2, -0.15) is 0 Å². The summed E-state index contributed by atoms with van der Waals surface area (Å²) in [6.07, 6.45) is 0.421. The van der Waals surface area contributed by atoms with Gasteiger partial charge in [0.15, 0.2) is 22.7 Å². The molecule has 28 heavy (non-hydrogen) atoms. The fraction of sp³-hybridized carbons (Fsp3) is 0.300. The number of halogens is 3. The number of nitrogens with one attached hydrogen (secondary N) is 1. The standard InChI is InChI=1S/C20H19F3N4O/c1-2-13-10-18(28)14-11-16(23)20(26-7-5-24-6-8-26)25-19(14)27(13)17-4-3-12(21)9-15(17)22/h3-4,9-11,24H,2,5-8H2,1H3. The van der Waals surface area contributed by atoms with E-state index in [9.17, 15) is 18.0 Å². The van der Waals surface area contributed by atoms with E-state index in [-0.39, 0.29) is 28.0 Å². The number of aryl methyl sites for hydroxylation is 1. The van der Waals surface area contributed by atoms with Crippen LogP contribution in [0, 0.1) is 17.5 Å². The number of rotatable bonds is 3. The second kappa shape index (κ2) is 7.27. The molecule has 0 amide bonds. The second-order valence-electron chi connectivity index (χ2n) is 6.69. The lowest BCUT2D eigenvalue weighted by Gasteiger charge is -2.29. The lowest BCUT2D eigenvalue weighted by molar-refractivity contribution is 0.559. The van der Waals surface area contributed by atoms with Crippen molar-refractivity contribution in [3.63, 3.8) is 0 Å². The van der Waals surface area contributed by atoms with Gasteiger partial charge in [-0.3, -0.25) is 9.36 Å². The maximum Gasteiger partial charge on any atom is 0.191 e. The van der Waals surface area contributed by atoms with E-state index in [1.54, 1.807) is 4.90 Å². The molecule has 1 aromatic carbocycles. The molecule has 1 saturated heterocycles. The van der Waals surface area contributed by atoms with Crippen LogP contribution in [0.5, 0.6) is 0 Å². The van der Waals surface area contributed by atoms with Crippen molar-refractivity contribution in [2.75, 3.05) is 31.1 Å². The van der Waals surface area contributed by atoms with Gasteiger partial charge in [0.25, 0.3) is 0 Å². The monoisotopic (exact) mass is 388 g/mol. The van der Waals surface area contributed by atoms with Crippen molar-refractivity contribution in [3.8, 4) is 5.69 Å². The minimum atomic E-state index is -0.783. The highest BCUT2D eigenvalue weighted by molar-refractivity contribution is 5.79. The quantitative estimate of drug-likeness (QED) is 0.750. The van der Waals surface area contributed by atoms with Gasteiger partial charge in [0.05, 0.1) is 11.1 Å². The molecule has 0 unspecified atom stereocenters. The molecule has 1 N–H and O–H groups in total. The number of fused-ring (bicyclic) bond motifs is 1. The van der Waals surface area contributed by atoms with Crippen molar-refractivity contribution < 1.29 is 13.2 Å². The van der Waals surface area contributed by atoms with Crippen LogP contribution in [0.1, 0.15) is 12.6 Å². The number of nitrogens with zero attached hydrogens (tertiary/aromatic N) is 3. The first-order chi connectivity index (χ1) is 13.5. The summed E-state index contributed by atoms with van der Waals surface area (Å²) in [5.41, 5.74) is 0.343. The van der Waals surface area contributed by atoms with E-state index in [2.05, 4.69) is 10.3 Å². The molecule has 4 rings (SSSR count). The highest BCUT2D eigenvalue weighted by Gasteiger charge is 2.21. The van der Waals surface area contributed by atoms with Crippen molar-refractivity contribution in [3.05, 3.63) is 63.7 Å². The molecule has 0 saturated carbocycles. The van der Waals surface area contributed by atoms with Crippen molar-refractivity contribution in [1.29, 1.82) is 0 Å². The van der Waals surface area contributed by atoms with E-state index in [1.807, 2.05) is 6.92 Å². The van der Waals surface area contributed by atoms with Crippen molar-refractivity contribution in [2.24, 2.45) is 0 Å². The smallest absolute Gasteiger partial charge is 0.191 e.